The number of carboxylic acid groups (broad SMARTS) is 1. The van der Waals surface area contributed by atoms with Crippen molar-refractivity contribution in [2.24, 2.45) is 0 Å². The Balaban J connectivity index is 2.06. The number of rotatable bonds is 5. The molecule has 0 aliphatic carbocycles. The van der Waals surface area contributed by atoms with Crippen molar-refractivity contribution < 1.29 is 23.9 Å². The van der Waals surface area contributed by atoms with E-state index in [1.165, 1.54) is 30.0 Å². The first-order chi connectivity index (χ1) is 10.9. The van der Waals surface area contributed by atoms with Gasteiger partial charge in [-0.15, -0.1) is 0 Å². The second kappa shape index (κ2) is 7.21. The van der Waals surface area contributed by atoms with Crippen molar-refractivity contribution in [1.29, 1.82) is 0 Å². The fraction of sp³-hybridized carbons (Fsp3) is 0.438. The molecule has 2 rings (SSSR count). The first-order valence-electron chi connectivity index (χ1n) is 7.44. The van der Waals surface area contributed by atoms with Crippen molar-refractivity contribution in [3.8, 4) is 0 Å². The molecule has 1 aliphatic rings. The van der Waals surface area contributed by atoms with Crippen LogP contribution >= 0.6 is 0 Å². The number of benzene rings is 1. The molecule has 0 aromatic heterocycles. The van der Waals surface area contributed by atoms with Gasteiger partial charge in [-0.1, -0.05) is 12.1 Å². The molecule has 0 bridgehead atoms. The number of aliphatic carboxylic acids is 1. The van der Waals surface area contributed by atoms with Crippen LogP contribution in [0.2, 0.25) is 0 Å². The second-order valence-corrected chi connectivity index (χ2v) is 5.62. The SMILES string of the molecule is Cc1cc(C(NC(=O)CN2CCCCC2=O)C(=O)O)ccc1F. The number of nitrogens with one attached hydrogen (secondary N) is 1. The van der Waals surface area contributed by atoms with Gasteiger partial charge in [-0.05, 0) is 37.0 Å². The number of halogens is 1. The van der Waals surface area contributed by atoms with E-state index in [0.29, 0.717) is 18.5 Å². The highest BCUT2D eigenvalue weighted by Crippen LogP contribution is 2.17. The lowest BCUT2D eigenvalue weighted by Crippen LogP contribution is -2.45. The summed E-state index contributed by atoms with van der Waals surface area (Å²) in [6.45, 7) is 1.86. The maximum absolute atomic E-state index is 13.3. The van der Waals surface area contributed by atoms with Crippen LogP contribution in [-0.2, 0) is 14.4 Å². The summed E-state index contributed by atoms with van der Waals surface area (Å²) in [7, 11) is 0. The Bertz CT molecular complexity index is 633. The molecule has 0 saturated carbocycles. The standard InChI is InChI=1S/C16H19FN2O4/c1-10-8-11(5-6-12(10)17)15(16(22)23)18-13(20)9-19-7-3-2-4-14(19)21/h5-6,8,15H,2-4,7,9H2,1H3,(H,18,20)(H,22,23). The number of carboxylic acids is 1. The van der Waals surface area contributed by atoms with Gasteiger partial charge in [0.1, 0.15) is 5.82 Å². The van der Waals surface area contributed by atoms with E-state index >= 15 is 0 Å². The van der Waals surface area contributed by atoms with Gasteiger partial charge in [0.15, 0.2) is 6.04 Å². The molecule has 0 spiro atoms. The van der Waals surface area contributed by atoms with Gasteiger partial charge in [0.2, 0.25) is 11.8 Å². The van der Waals surface area contributed by atoms with E-state index in [2.05, 4.69) is 5.32 Å². The Hall–Kier alpha value is -2.44. The number of carbonyl (C=O) groups excluding carboxylic acids is 2. The molecule has 1 atom stereocenters. The topological polar surface area (TPSA) is 86.7 Å². The van der Waals surface area contributed by atoms with E-state index in [1.807, 2.05) is 0 Å². The number of piperidine rings is 1. The Labute approximate surface area is 133 Å². The predicted octanol–water partition coefficient (Wildman–Crippen LogP) is 1.39. The monoisotopic (exact) mass is 322 g/mol. The number of aryl methyl sites for hydroxylation is 1. The summed E-state index contributed by atoms with van der Waals surface area (Å²) in [5.41, 5.74) is 0.587. The molecule has 1 saturated heterocycles. The quantitative estimate of drug-likeness (QED) is 0.857. The molecule has 1 fully saturated rings. The van der Waals surface area contributed by atoms with Crippen molar-refractivity contribution in [2.75, 3.05) is 13.1 Å². The van der Waals surface area contributed by atoms with Gasteiger partial charge in [0.05, 0.1) is 6.54 Å². The van der Waals surface area contributed by atoms with Crippen LogP contribution in [0.5, 0.6) is 0 Å². The molecule has 6 nitrogen and oxygen atoms in total. The van der Waals surface area contributed by atoms with Gasteiger partial charge in [0, 0.05) is 13.0 Å². The minimum Gasteiger partial charge on any atom is -0.479 e. The van der Waals surface area contributed by atoms with Crippen LogP contribution in [0.25, 0.3) is 0 Å². The molecule has 7 heteroatoms. The molecule has 23 heavy (non-hydrogen) atoms. The van der Waals surface area contributed by atoms with Crippen molar-refractivity contribution in [1.82, 2.24) is 10.2 Å². The number of likely N-dealkylation sites (tertiary alicyclic amines) is 1. The lowest BCUT2D eigenvalue weighted by molar-refractivity contribution is -0.143. The fourth-order valence-corrected chi connectivity index (χ4v) is 2.54. The number of amides is 2. The van der Waals surface area contributed by atoms with E-state index in [0.717, 1.165) is 12.8 Å². The molecule has 1 heterocycles. The van der Waals surface area contributed by atoms with Crippen LogP contribution in [0, 0.1) is 12.7 Å². The van der Waals surface area contributed by atoms with Gasteiger partial charge in [-0.3, -0.25) is 9.59 Å². The smallest absolute Gasteiger partial charge is 0.330 e. The summed E-state index contributed by atoms with van der Waals surface area (Å²) in [6, 6.07) is 2.61. The highest BCUT2D eigenvalue weighted by molar-refractivity contribution is 5.88. The van der Waals surface area contributed by atoms with Crippen LogP contribution in [0.4, 0.5) is 4.39 Å². The maximum atomic E-state index is 13.3. The Kier molecular flexibility index (Phi) is 5.31. The van der Waals surface area contributed by atoms with Crippen molar-refractivity contribution >= 4 is 17.8 Å². The maximum Gasteiger partial charge on any atom is 0.330 e. The molecular weight excluding hydrogens is 303 g/mol. The Morgan fingerprint density at radius 2 is 2.13 bits per heavy atom. The molecule has 1 aliphatic heterocycles. The molecule has 124 valence electrons. The van der Waals surface area contributed by atoms with Gasteiger partial charge >= 0.3 is 5.97 Å². The largest absolute Gasteiger partial charge is 0.479 e. The summed E-state index contributed by atoms with van der Waals surface area (Å²) < 4.78 is 13.3. The number of carbonyl (C=O) groups is 3. The Morgan fingerprint density at radius 1 is 1.39 bits per heavy atom. The van der Waals surface area contributed by atoms with Gasteiger partial charge in [-0.2, -0.15) is 0 Å². The second-order valence-electron chi connectivity index (χ2n) is 5.62. The van der Waals surface area contributed by atoms with Crippen molar-refractivity contribution in [2.45, 2.75) is 32.2 Å². The average molecular weight is 322 g/mol. The third-order valence-corrected chi connectivity index (χ3v) is 3.82. The lowest BCUT2D eigenvalue weighted by atomic mass is 10.0. The minimum atomic E-state index is -1.28. The average Bonchev–Trinajstić information content (AvgIpc) is 2.50. The third kappa shape index (κ3) is 4.28. The van der Waals surface area contributed by atoms with Crippen molar-refractivity contribution in [3.05, 3.63) is 35.1 Å². The lowest BCUT2D eigenvalue weighted by Gasteiger charge is -2.26. The fourth-order valence-electron chi connectivity index (χ4n) is 2.54. The molecule has 2 amide bonds. The predicted molar refractivity (Wildman–Crippen MR) is 80.1 cm³/mol. The van der Waals surface area contributed by atoms with Gasteiger partial charge in [0.25, 0.3) is 0 Å². The first-order valence-corrected chi connectivity index (χ1v) is 7.44. The van der Waals surface area contributed by atoms with Crippen LogP contribution in [0.3, 0.4) is 0 Å². The minimum absolute atomic E-state index is 0.101. The summed E-state index contributed by atoms with van der Waals surface area (Å²) >= 11 is 0. The van der Waals surface area contributed by atoms with E-state index in [4.69, 9.17) is 0 Å². The van der Waals surface area contributed by atoms with Crippen molar-refractivity contribution in [3.63, 3.8) is 0 Å². The highest BCUT2D eigenvalue weighted by atomic mass is 19.1. The zero-order valence-corrected chi connectivity index (χ0v) is 12.8. The summed E-state index contributed by atoms with van der Waals surface area (Å²) in [4.78, 5) is 36.6. The van der Waals surface area contributed by atoms with Gasteiger partial charge < -0.3 is 15.3 Å². The van der Waals surface area contributed by atoms with Gasteiger partial charge in [-0.25, -0.2) is 9.18 Å². The third-order valence-electron chi connectivity index (χ3n) is 3.82. The molecule has 1 unspecified atom stereocenters. The number of hydrogen-bond acceptors (Lipinski definition) is 3. The van der Waals surface area contributed by atoms with Crippen LogP contribution in [0.1, 0.15) is 36.4 Å². The summed E-state index contributed by atoms with van der Waals surface area (Å²) in [5, 5.41) is 11.7. The zero-order valence-electron chi connectivity index (χ0n) is 12.8. The number of hydrogen-bond donors (Lipinski definition) is 2. The highest BCUT2D eigenvalue weighted by Gasteiger charge is 2.25. The molecule has 1 aromatic rings. The summed E-state index contributed by atoms with van der Waals surface area (Å²) in [5.74, 6) is -2.33. The van der Waals surface area contributed by atoms with E-state index < -0.39 is 23.7 Å². The summed E-state index contributed by atoms with van der Waals surface area (Å²) in [6.07, 6.45) is 2.05. The normalized spacial score (nSPS) is 16.1. The zero-order chi connectivity index (χ0) is 17.0. The van der Waals surface area contributed by atoms with E-state index in [1.54, 1.807) is 0 Å². The molecule has 2 N–H and O–H groups in total. The molecule has 1 aromatic carbocycles. The van der Waals surface area contributed by atoms with Crippen LogP contribution < -0.4 is 5.32 Å². The van der Waals surface area contributed by atoms with E-state index in [-0.39, 0.29) is 18.0 Å². The van der Waals surface area contributed by atoms with Crippen LogP contribution in [-0.4, -0.2) is 40.9 Å². The first kappa shape index (κ1) is 16.9. The Morgan fingerprint density at radius 3 is 2.74 bits per heavy atom. The van der Waals surface area contributed by atoms with Crippen LogP contribution in [0.15, 0.2) is 18.2 Å². The molecule has 0 radical (unpaired) electrons. The molecular formula is C16H19FN2O4. The number of nitrogens with zero attached hydrogens (tertiary/aromatic N) is 1. The van der Waals surface area contributed by atoms with E-state index in [9.17, 15) is 23.9 Å².